The zero-order valence-electron chi connectivity index (χ0n) is 24.3. The van der Waals surface area contributed by atoms with Gasteiger partial charge >= 0.3 is 11.9 Å². The lowest BCUT2D eigenvalue weighted by Gasteiger charge is -2.02. The Balaban J connectivity index is 0.000000295. The highest BCUT2D eigenvalue weighted by Crippen LogP contribution is 2.22. The van der Waals surface area contributed by atoms with Gasteiger partial charge in [-0.15, -0.1) is 0 Å². The average molecular weight is 627 g/mol. The topological polar surface area (TPSA) is 174 Å². The van der Waals surface area contributed by atoms with E-state index in [1.54, 1.807) is 32.4 Å². The van der Waals surface area contributed by atoms with E-state index in [9.17, 15) is 19.2 Å². The van der Waals surface area contributed by atoms with E-state index in [2.05, 4.69) is 13.2 Å². The van der Waals surface area contributed by atoms with E-state index in [0.29, 0.717) is 72.1 Å². The van der Waals surface area contributed by atoms with E-state index in [-0.39, 0.29) is 43.8 Å². The summed E-state index contributed by atoms with van der Waals surface area (Å²) in [5.74, 6) is 0.457. The fourth-order valence-electron chi connectivity index (χ4n) is 5.32. The minimum atomic E-state index is -0.866. The van der Waals surface area contributed by atoms with Gasteiger partial charge in [0.1, 0.15) is 33.5 Å². The molecule has 0 atom stereocenters. The summed E-state index contributed by atoms with van der Waals surface area (Å²) in [7, 11) is 0. The molecule has 0 spiro atoms. The zero-order valence-corrected chi connectivity index (χ0v) is 24.3. The second-order valence-corrected chi connectivity index (χ2v) is 10.1. The lowest BCUT2D eigenvalue weighted by molar-refractivity contribution is -0.143. The smallest absolute Gasteiger partial charge is 0.305 e. The second-order valence-electron chi connectivity index (χ2n) is 10.1. The van der Waals surface area contributed by atoms with Crippen LogP contribution in [0.15, 0.2) is 42.7 Å². The number of furan rings is 2. The minimum absolute atomic E-state index is 0. The number of aromatic nitrogens is 4. The van der Waals surface area contributed by atoms with Crippen molar-refractivity contribution in [2.45, 2.75) is 74.4 Å². The van der Waals surface area contributed by atoms with Crippen LogP contribution in [0.2, 0.25) is 0 Å². The van der Waals surface area contributed by atoms with Gasteiger partial charge in [-0.1, -0.05) is 28.0 Å². The maximum absolute atomic E-state index is 12.4. The van der Waals surface area contributed by atoms with Crippen LogP contribution in [0.4, 0.5) is 0 Å². The molecule has 0 amide bonds. The molecule has 0 saturated carbocycles. The summed E-state index contributed by atoms with van der Waals surface area (Å²) in [4.78, 5) is 46.6. The zero-order chi connectivity index (χ0) is 30.3. The van der Waals surface area contributed by atoms with Crippen molar-refractivity contribution in [2.24, 2.45) is 0 Å². The van der Waals surface area contributed by atoms with Crippen LogP contribution >= 0.6 is 0 Å². The van der Waals surface area contributed by atoms with Gasteiger partial charge in [-0.25, -0.2) is 0 Å². The van der Waals surface area contributed by atoms with E-state index >= 15 is 0 Å². The fourth-order valence-corrected chi connectivity index (χ4v) is 5.32. The number of carboxylic acids is 1. The van der Waals surface area contributed by atoms with Crippen LogP contribution in [0.5, 0.6) is 0 Å². The van der Waals surface area contributed by atoms with Gasteiger partial charge in [0.2, 0.25) is 0 Å². The molecule has 6 rings (SSSR count). The van der Waals surface area contributed by atoms with Gasteiger partial charge in [0, 0.05) is 50.2 Å². The van der Waals surface area contributed by atoms with Crippen molar-refractivity contribution in [2.75, 3.05) is 6.61 Å². The van der Waals surface area contributed by atoms with Gasteiger partial charge in [-0.2, -0.15) is 0 Å². The maximum atomic E-state index is 12.4. The molecule has 0 aliphatic heterocycles. The van der Waals surface area contributed by atoms with Crippen molar-refractivity contribution in [3.8, 4) is 0 Å². The van der Waals surface area contributed by atoms with E-state index in [1.165, 1.54) is 4.57 Å². The molecule has 0 radical (unpaired) electrons. The Morgan fingerprint density at radius 1 is 0.778 bits per heavy atom. The van der Waals surface area contributed by atoms with Crippen LogP contribution < -0.4 is 22.1 Å². The number of carboxylic acid groups (broad SMARTS) is 1. The predicted molar refractivity (Wildman–Crippen MR) is 174 cm³/mol. The molecule has 244 valence electrons. The van der Waals surface area contributed by atoms with Gasteiger partial charge in [0.25, 0.3) is 11.1 Å². The number of hydrogen-bond acceptors (Lipinski definition) is 7. The summed E-state index contributed by atoms with van der Waals surface area (Å²) >= 11 is 0. The van der Waals surface area contributed by atoms with Crippen molar-refractivity contribution < 1.29 is 33.7 Å². The second kappa shape index (κ2) is 14.2. The third-order valence-corrected chi connectivity index (χ3v) is 7.13. The SMILES string of the molecule is C.C.C=c1n(CCCC(=O)O)c(=O)c2cc3oc(C)cc3n12.C=c1n(CCCC(=O)OCC)c(=O)c2cc3oc(C)cc3n12.O. The molecular weight excluding hydrogens is 584 g/mol. The lowest BCUT2D eigenvalue weighted by Crippen LogP contribution is -2.27. The van der Waals surface area contributed by atoms with E-state index in [4.69, 9.17) is 18.7 Å². The number of rotatable bonds is 9. The molecule has 13 nitrogen and oxygen atoms in total. The summed E-state index contributed by atoms with van der Waals surface area (Å²) in [6.07, 6.45) is 1.27. The number of esters is 1. The first-order valence-electron chi connectivity index (χ1n) is 13.6. The Labute approximate surface area is 258 Å². The number of carbonyl (C=O) groups is 2. The van der Waals surface area contributed by atoms with Crippen LogP contribution in [0.25, 0.3) is 46.4 Å². The van der Waals surface area contributed by atoms with Gasteiger partial charge < -0.3 is 24.2 Å². The Morgan fingerprint density at radius 3 is 1.60 bits per heavy atom. The van der Waals surface area contributed by atoms with Gasteiger partial charge in [0.15, 0.2) is 11.2 Å². The van der Waals surface area contributed by atoms with Crippen molar-refractivity contribution in [1.29, 1.82) is 0 Å². The molecule has 0 unspecified atom stereocenters. The third-order valence-electron chi connectivity index (χ3n) is 7.13. The summed E-state index contributed by atoms with van der Waals surface area (Å²) in [6.45, 7) is 14.6. The number of nitrogens with zero attached hydrogens (tertiary/aromatic N) is 4. The number of fused-ring (bicyclic) bond motifs is 6. The van der Waals surface area contributed by atoms with Gasteiger partial charge in [0.05, 0.1) is 17.6 Å². The number of carbonyl (C=O) groups excluding carboxylic acids is 1. The molecule has 0 aliphatic rings. The molecule has 13 heteroatoms. The van der Waals surface area contributed by atoms with Crippen molar-refractivity contribution in [1.82, 2.24) is 17.9 Å². The highest BCUT2D eigenvalue weighted by atomic mass is 16.5. The first-order valence-corrected chi connectivity index (χ1v) is 13.6. The minimum Gasteiger partial charge on any atom is -0.481 e. The standard InChI is InChI=1S/C16H18N2O4.C14H14N2O4.2CH4.H2O/c1-4-21-15(19)6-5-7-17-11(3)18-12-8-10(2)22-14(12)9-13(18)16(17)20;1-8-6-10-12(20-8)7-11-14(19)15(9(2)16(10)11)5-3-4-13(17)18;;;/h8-9H,3-7H2,1-2H3;6-7H,2-5H2,1H3,(H,17,18);2*1H4;1H2. The van der Waals surface area contributed by atoms with Crippen LogP contribution in [-0.4, -0.2) is 47.1 Å². The van der Waals surface area contributed by atoms with E-state index in [0.717, 1.165) is 22.6 Å². The molecule has 6 aromatic rings. The van der Waals surface area contributed by atoms with Gasteiger partial charge in [-0.3, -0.25) is 37.1 Å². The first-order chi connectivity index (χ1) is 20.0. The van der Waals surface area contributed by atoms with Crippen molar-refractivity contribution >= 4 is 58.3 Å². The van der Waals surface area contributed by atoms with Crippen molar-refractivity contribution in [3.63, 3.8) is 0 Å². The maximum Gasteiger partial charge on any atom is 0.305 e. The Hall–Kier alpha value is -5.04. The highest BCUT2D eigenvalue weighted by molar-refractivity contribution is 5.84. The number of ether oxygens (including phenoxy) is 1. The normalized spacial score (nSPS) is 10.8. The van der Waals surface area contributed by atoms with Crippen LogP contribution in [0.1, 0.15) is 59.0 Å². The van der Waals surface area contributed by atoms with E-state index in [1.807, 2.05) is 26.0 Å². The van der Waals surface area contributed by atoms with Crippen molar-refractivity contribution in [3.05, 3.63) is 67.5 Å². The quantitative estimate of drug-likeness (QED) is 0.238. The average Bonchev–Trinajstić information content (AvgIpc) is 3.71. The molecule has 6 heterocycles. The van der Waals surface area contributed by atoms with Crippen LogP contribution in [-0.2, 0) is 27.4 Å². The highest BCUT2D eigenvalue weighted by Gasteiger charge is 2.17. The first kappa shape index (κ1) is 36.2. The third kappa shape index (κ3) is 6.58. The monoisotopic (exact) mass is 626 g/mol. The Morgan fingerprint density at radius 2 is 1.20 bits per heavy atom. The number of aryl methyl sites for hydroxylation is 2. The number of aliphatic carboxylic acids is 1. The molecular formula is C32H42N4O9. The van der Waals surface area contributed by atoms with Gasteiger partial charge in [-0.05, 0) is 33.6 Å². The molecule has 0 fully saturated rings. The summed E-state index contributed by atoms with van der Waals surface area (Å²) in [5, 5.41) is 8.65. The summed E-state index contributed by atoms with van der Waals surface area (Å²) < 4.78 is 22.6. The molecule has 3 N–H and O–H groups in total. The molecule has 6 aromatic heterocycles. The molecule has 45 heavy (non-hydrogen) atoms. The Bertz CT molecular complexity index is 2170. The lowest BCUT2D eigenvalue weighted by atomic mass is 10.3. The molecule has 0 bridgehead atoms. The number of hydrogen-bond donors (Lipinski definition) is 1. The molecule has 0 aliphatic carbocycles. The van der Waals surface area contributed by atoms with E-state index < -0.39 is 5.97 Å². The molecule has 0 aromatic carbocycles. The predicted octanol–water partition coefficient (Wildman–Crippen LogP) is 3.23. The van der Waals surface area contributed by atoms with Crippen LogP contribution in [0.3, 0.4) is 0 Å². The fraction of sp³-hybridized carbons (Fsp3) is 0.375. The number of imidazole rings is 2. The summed E-state index contributed by atoms with van der Waals surface area (Å²) in [6, 6.07) is 7.19. The largest absolute Gasteiger partial charge is 0.481 e. The Kier molecular flexibility index (Phi) is 11.4. The van der Waals surface area contributed by atoms with Crippen LogP contribution in [0, 0.1) is 13.8 Å². The molecule has 0 saturated heterocycles. The summed E-state index contributed by atoms with van der Waals surface area (Å²) in [5.41, 5.74) is 4.95.